The molecule has 1 aromatic carbocycles. The monoisotopic (exact) mass is 327 g/mol. The summed E-state index contributed by atoms with van der Waals surface area (Å²) >= 11 is 12.4. The van der Waals surface area contributed by atoms with Gasteiger partial charge in [0.1, 0.15) is 5.92 Å². The number of hydrogen-bond acceptors (Lipinski definition) is 2. The van der Waals surface area contributed by atoms with Gasteiger partial charge in [0.05, 0.1) is 6.04 Å². The van der Waals surface area contributed by atoms with Crippen molar-refractivity contribution in [1.82, 2.24) is 15.5 Å². The van der Waals surface area contributed by atoms with Gasteiger partial charge in [-0.05, 0) is 12.1 Å². The fraction of sp³-hybridized carbons (Fsp3) is 0.286. The van der Waals surface area contributed by atoms with Gasteiger partial charge < -0.3 is 15.5 Å². The SMILES string of the molecule is C=C1NC(=O)N[C@@H](c2c(Cl)cccc2Cl)[C@@H]1C(=O)N(C)C. The lowest BCUT2D eigenvalue weighted by Crippen LogP contribution is -2.52. The highest BCUT2D eigenvalue weighted by atomic mass is 35.5. The third-order valence-electron chi connectivity index (χ3n) is 3.29. The predicted molar refractivity (Wildman–Crippen MR) is 82.2 cm³/mol. The lowest BCUT2D eigenvalue weighted by molar-refractivity contribution is -0.132. The Balaban J connectivity index is 2.53. The molecule has 2 atom stereocenters. The summed E-state index contributed by atoms with van der Waals surface area (Å²) in [4.78, 5) is 25.6. The molecule has 0 spiro atoms. The van der Waals surface area contributed by atoms with Crippen molar-refractivity contribution >= 4 is 35.1 Å². The highest BCUT2D eigenvalue weighted by Crippen LogP contribution is 2.38. The van der Waals surface area contributed by atoms with Gasteiger partial charge in [0.25, 0.3) is 0 Å². The molecule has 2 N–H and O–H groups in total. The zero-order chi connectivity index (χ0) is 15.7. The van der Waals surface area contributed by atoms with E-state index in [1.54, 1.807) is 32.3 Å². The Hall–Kier alpha value is -1.72. The minimum absolute atomic E-state index is 0.200. The Morgan fingerprint density at radius 3 is 2.38 bits per heavy atom. The molecule has 112 valence electrons. The van der Waals surface area contributed by atoms with Crippen molar-refractivity contribution in [1.29, 1.82) is 0 Å². The Morgan fingerprint density at radius 1 is 1.29 bits per heavy atom. The van der Waals surface area contributed by atoms with Crippen LogP contribution < -0.4 is 10.6 Å². The van der Waals surface area contributed by atoms with Crippen LogP contribution in [-0.4, -0.2) is 30.9 Å². The molecule has 21 heavy (non-hydrogen) atoms. The van der Waals surface area contributed by atoms with Gasteiger partial charge in [0, 0.05) is 35.4 Å². The normalized spacial score (nSPS) is 21.5. The zero-order valence-corrected chi connectivity index (χ0v) is 13.1. The number of carbonyl (C=O) groups excluding carboxylic acids is 2. The number of amides is 3. The molecule has 0 aromatic heterocycles. The van der Waals surface area contributed by atoms with Crippen molar-refractivity contribution in [3.63, 3.8) is 0 Å². The molecule has 1 heterocycles. The molecule has 3 amide bonds. The smallest absolute Gasteiger partial charge is 0.319 e. The number of nitrogens with one attached hydrogen (secondary N) is 2. The standard InChI is InChI=1S/C14H15Cl2N3O2/c1-7-10(13(20)19(2)3)12(18-14(21)17-7)11-8(15)5-4-6-9(11)16/h4-6,10,12H,1H2,2-3H3,(H2,17,18,21)/t10-,12-/m1/s1. The molecule has 0 bridgehead atoms. The third-order valence-corrected chi connectivity index (χ3v) is 3.95. The molecule has 1 aromatic rings. The molecular formula is C14H15Cl2N3O2. The number of urea groups is 1. The first kappa shape index (κ1) is 15.7. The van der Waals surface area contributed by atoms with Crippen molar-refractivity contribution in [3.8, 4) is 0 Å². The fourth-order valence-corrected chi connectivity index (χ4v) is 2.93. The number of carbonyl (C=O) groups is 2. The first-order valence-corrected chi connectivity index (χ1v) is 7.00. The van der Waals surface area contributed by atoms with E-state index in [0.717, 1.165) is 0 Å². The largest absolute Gasteiger partial charge is 0.348 e. The molecule has 1 aliphatic heterocycles. The number of hydrogen-bond donors (Lipinski definition) is 2. The van der Waals surface area contributed by atoms with E-state index in [1.165, 1.54) is 4.90 Å². The highest BCUT2D eigenvalue weighted by Gasteiger charge is 2.40. The van der Waals surface area contributed by atoms with Gasteiger partial charge in [-0.3, -0.25) is 4.79 Å². The first-order valence-electron chi connectivity index (χ1n) is 6.24. The van der Waals surface area contributed by atoms with Crippen LogP contribution in [0.4, 0.5) is 4.79 Å². The lowest BCUT2D eigenvalue weighted by Gasteiger charge is -2.35. The molecule has 1 aliphatic rings. The van der Waals surface area contributed by atoms with E-state index in [0.29, 0.717) is 21.3 Å². The summed E-state index contributed by atoms with van der Waals surface area (Å²) in [6.45, 7) is 3.78. The van der Waals surface area contributed by atoms with Crippen LogP contribution in [0.1, 0.15) is 11.6 Å². The molecule has 0 radical (unpaired) electrons. The second-order valence-corrected chi connectivity index (χ2v) is 5.76. The molecule has 0 unspecified atom stereocenters. The molecular weight excluding hydrogens is 313 g/mol. The summed E-state index contributed by atoms with van der Waals surface area (Å²) in [5.74, 6) is -0.886. The summed E-state index contributed by atoms with van der Waals surface area (Å²) in [6, 6.07) is 3.92. The van der Waals surface area contributed by atoms with E-state index in [2.05, 4.69) is 17.2 Å². The van der Waals surface area contributed by atoms with Gasteiger partial charge in [-0.2, -0.15) is 0 Å². The van der Waals surface area contributed by atoms with Crippen molar-refractivity contribution in [3.05, 3.63) is 46.1 Å². The van der Waals surface area contributed by atoms with Crippen LogP contribution in [0.3, 0.4) is 0 Å². The molecule has 0 aliphatic carbocycles. The average molecular weight is 328 g/mol. The topological polar surface area (TPSA) is 61.4 Å². The van der Waals surface area contributed by atoms with Gasteiger partial charge in [0.15, 0.2) is 0 Å². The van der Waals surface area contributed by atoms with Gasteiger partial charge in [-0.15, -0.1) is 0 Å². The third kappa shape index (κ3) is 2.99. The van der Waals surface area contributed by atoms with Crippen LogP contribution in [0.5, 0.6) is 0 Å². The van der Waals surface area contributed by atoms with Crippen molar-refractivity contribution in [2.45, 2.75) is 6.04 Å². The summed E-state index contributed by atoms with van der Waals surface area (Å²) in [5, 5.41) is 6.00. The van der Waals surface area contributed by atoms with Crippen LogP contribution in [0.2, 0.25) is 10.0 Å². The van der Waals surface area contributed by atoms with Crippen molar-refractivity contribution in [2.75, 3.05) is 14.1 Å². The Bertz CT molecular complexity index is 596. The van der Waals surface area contributed by atoms with Crippen LogP contribution in [-0.2, 0) is 4.79 Å². The number of rotatable bonds is 2. The quantitative estimate of drug-likeness (QED) is 0.876. The van der Waals surface area contributed by atoms with E-state index >= 15 is 0 Å². The summed E-state index contributed by atoms with van der Waals surface area (Å²) in [6.07, 6.45) is 0. The van der Waals surface area contributed by atoms with Gasteiger partial charge in [-0.25, -0.2) is 4.79 Å². The van der Waals surface area contributed by atoms with Crippen LogP contribution in [0.25, 0.3) is 0 Å². The molecule has 1 fully saturated rings. The lowest BCUT2D eigenvalue weighted by atomic mass is 9.88. The van der Waals surface area contributed by atoms with Crippen LogP contribution in [0, 0.1) is 5.92 Å². The van der Waals surface area contributed by atoms with Gasteiger partial charge in [0.2, 0.25) is 5.91 Å². The van der Waals surface area contributed by atoms with E-state index in [4.69, 9.17) is 23.2 Å². The van der Waals surface area contributed by atoms with Gasteiger partial charge in [-0.1, -0.05) is 35.8 Å². The van der Waals surface area contributed by atoms with E-state index in [1.807, 2.05) is 0 Å². The van der Waals surface area contributed by atoms with E-state index < -0.39 is 18.0 Å². The molecule has 0 saturated carbocycles. The van der Waals surface area contributed by atoms with Crippen LogP contribution in [0.15, 0.2) is 30.5 Å². The van der Waals surface area contributed by atoms with Crippen LogP contribution >= 0.6 is 23.2 Å². The summed E-state index contributed by atoms with van der Waals surface area (Å²) in [7, 11) is 3.27. The molecule has 1 saturated heterocycles. The number of nitrogens with zero attached hydrogens (tertiary/aromatic N) is 1. The molecule has 7 heteroatoms. The maximum Gasteiger partial charge on any atom is 0.319 e. The Morgan fingerprint density at radius 2 is 1.86 bits per heavy atom. The first-order chi connectivity index (χ1) is 9.82. The zero-order valence-electron chi connectivity index (χ0n) is 11.6. The number of halogens is 2. The van der Waals surface area contributed by atoms with Gasteiger partial charge >= 0.3 is 6.03 Å². The second-order valence-electron chi connectivity index (χ2n) is 4.95. The average Bonchev–Trinajstić information content (AvgIpc) is 2.37. The minimum Gasteiger partial charge on any atom is -0.348 e. The summed E-state index contributed by atoms with van der Waals surface area (Å²) < 4.78 is 0. The predicted octanol–water partition coefficient (Wildman–Crippen LogP) is 2.57. The second kappa shape index (κ2) is 5.95. The maximum atomic E-state index is 12.4. The molecule has 2 rings (SSSR count). The van der Waals surface area contributed by atoms with E-state index in [9.17, 15) is 9.59 Å². The Labute approximate surface area is 132 Å². The number of benzene rings is 1. The maximum absolute atomic E-state index is 12.4. The van der Waals surface area contributed by atoms with Crippen molar-refractivity contribution < 1.29 is 9.59 Å². The van der Waals surface area contributed by atoms with Crippen molar-refractivity contribution in [2.24, 2.45) is 5.92 Å². The summed E-state index contributed by atoms with van der Waals surface area (Å²) in [5.41, 5.74) is 0.829. The molecule has 5 nitrogen and oxygen atoms in total. The minimum atomic E-state index is -0.685. The fourth-order valence-electron chi connectivity index (χ4n) is 2.30. The Kier molecular flexibility index (Phi) is 4.44. The van der Waals surface area contributed by atoms with E-state index in [-0.39, 0.29) is 5.91 Å². The highest BCUT2D eigenvalue weighted by molar-refractivity contribution is 6.36.